The summed E-state index contributed by atoms with van der Waals surface area (Å²) in [6, 6.07) is 0.405. The fraction of sp³-hybridized carbons (Fsp3) is 0.944. The topological polar surface area (TPSA) is 35.8 Å². The van der Waals surface area contributed by atoms with E-state index in [2.05, 4.69) is 17.0 Å². The van der Waals surface area contributed by atoms with Crippen molar-refractivity contribution in [3.63, 3.8) is 0 Å². The van der Waals surface area contributed by atoms with Crippen molar-refractivity contribution in [3.8, 4) is 0 Å². The van der Waals surface area contributed by atoms with Crippen molar-refractivity contribution in [2.24, 2.45) is 11.1 Å². The smallest absolute Gasteiger partial charge is 0.0742 e. The first-order valence-corrected chi connectivity index (χ1v) is 9.26. The minimum Gasteiger partial charge on any atom is -0.411 e. The Balaban J connectivity index is 1.96. The Morgan fingerprint density at radius 3 is 2.05 bits per heavy atom. The highest BCUT2D eigenvalue weighted by atomic mass is 16.4. The largest absolute Gasteiger partial charge is 0.411 e. The van der Waals surface area contributed by atoms with Gasteiger partial charge in [0.1, 0.15) is 0 Å². The Kier molecular flexibility index (Phi) is 7.56. The first kappa shape index (κ1) is 16.8. The number of likely N-dealkylation sites (tertiary alicyclic amines) is 1. The fourth-order valence-corrected chi connectivity index (χ4v) is 3.89. The second-order valence-corrected chi connectivity index (χ2v) is 7.19. The first-order chi connectivity index (χ1) is 10.3. The molecule has 2 fully saturated rings. The van der Waals surface area contributed by atoms with Crippen LogP contribution >= 0.6 is 0 Å². The summed E-state index contributed by atoms with van der Waals surface area (Å²) < 4.78 is 0. The third-order valence-corrected chi connectivity index (χ3v) is 5.43. The molecule has 2 rings (SSSR count). The summed E-state index contributed by atoms with van der Waals surface area (Å²) in [6.07, 6.45) is 15.4. The van der Waals surface area contributed by atoms with E-state index in [0.29, 0.717) is 6.04 Å². The van der Waals surface area contributed by atoms with Crippen molar-refractivity contribution >= 4 is 5.71 Å². The van der Waals surface area contributed by atoms with Crippen LogP contribution < -0.4 is 0 Å². The number of hydrogen-bond donors (Lipinski definition) is 1. The molecule has 3 heteroatoms. The average molecular weight is 294 g/mol. The highest BCUT2D eigenvalue weighted by molar-refractivity contribution is 5.89. The van der Waals surface area contributed by atoms with Gasteiger partial charge < -0.3 is 5.21 Å². The molecule has 1 unspecified atom stereocenters. The third-order valence-electron chi connectivity index (χ3n) is 5.43. The van der Waals surface area contributed by atoms with Gasteiger partial charge in [-0.3, -0.25) is 4.90 Å². The monoisotopic (exact) mass is 294 g/mol. The Hall–Kier alpha value is -0.570. The SMILES string of the molecule is CC1CCN(C2CCCCCCCCCC/C2=N/O)CC1. The Morgan fingerprint density at radius 2 is 1.43 bits per heavy atom. The van der Waals surface area contributed by atoms with Gasteiger partial charge in [0.05, 0.1) is 11.8 Å². The van der Waals surface area contributed by atoms with Gasteiger partial charge in [-0.05, 0) is 51.1 Å². The predicted octanol–water partition coefficient (Wildman–Crippen LogP) is 4.83. The van der Waals surface area contributed by atoms with E-state index in [4.69, 9.17) is 0 Å². The molecular weight excluding hydrogens is 260 g/mol. The van der Waals surface area contributed by atoms with E-state index in [1.165, 1.54) is 83.7 Å². The number of nitrogens with zero attached hydrogens (tertiary/aromatic N) is 2. The number of oxime groups is 1. The van der Waals surface area contributed by atoms with Crippen LogP contribution in [0.5, 0.6) is 0 Å². The van der Waals surface area contributed by atoms with Gasteiger partial charge in [0.25, 0.3) is 0 Å². The summed E-state index contributed by atoms with van der Waals surface area (Å²) in [5.41, 5.74) is 1.06. The van der Waals surface area contributed by atoms with Crippen LogP contribution in [0.4, 0.5) is 0 Å². The lowest BCUT2D eigenvalue weighted by molar-refractivity contribution is 0.158. The molecule has 0 bridgehead atoms. The van der Waals surface area contributed by atoms with Crippen LogP contribution in [0.1, 0.15) is 84.0 Å². The van der Waals surface area contributed by atoms with Crippen LogP contribution in [0, 0.1) is 5.92 Å². The molecule has 0 aromatic rings. The lowest BCUT2D eigenvalue weighted by atomic mass is 9.92. The molecule has 0 aromatic carbocycles. The maximum atomic E-state index is 9.51. The molecule has 1 aliphatic heterocycles. The number of rotatable bonds is 1. The van der Waals surface area contributed by atoms with Crippen LogP contribution in [0.15, 0.2) is 5.16 Å². The predicted molar refractivity (Wildman–Crippen MR) is 89.2 cm³/mol. The molecule has 0 spiro atoms. The summed E-state index contributed by atoms with van der Waals surface area (Å²) in [5, 5.41) is 13.2. The van der Waals surface area contributed by atoms with Gasteiger partial charge in [-0.2, -0.15) is 0 Å². The van der Waals surface area contributed by atoms with Crippen molar-refractivity contribution in [1.29, 1.82) is 0 Å². The molecule has 21 heavy (non-hydrogen) atoms. The molecule has 1 N–H and O–H groups in total. The Bertz CT molecular complexity index is 308. The van der Waals surface area contributed by atoms with Crippen LogP contribution in [-0.4, -0.2) is 35.0 Å². The van der Waals surface area contributed by atoms with Crippen LogP contribution in [0.2, 0.25) is 0 Å². The molecule has 2 aliphatic rings. The number of hydrogen-bond acceptors (Lipinski definition) is 3. The summed E-state index contributed by atoms with van der Waals surface area (Å²) in [7, 11) is 0. The Labute approximate surface area is 130 Å². The third kappa shape index (κ3) is 5.61. The molecular formula is C18H34N2O. The molecule has 1 saturated heterocycles. The molecule has 1 saturated carbocycles. The second-order valence-electron chi connectivity index (χ2n) is 7.19. The molecule has 1 heterocycles. The van der Waals surface area contributed by atoms with E-state index in [9.17, 15) is 5.21 Å². The highest BCUT2D eigenvalue weighted by Crippen LogP contribution is 2.24. The van der Waals surface area contributed by atoms with Gasteiger partial charge in [-0.15, -0.1) is 0 Å². The Morgan fingerprint density at radius 1 is 0.857 bits per heavy atom. The van der Waals surface area contributed by atoms with E-state index >= 15 is 0 Å². The van der Waals surface area contributed by atoms with Crippen molar-refractivity contribution in [2.75, 3.05) is 13.1 Å². The van der Waals surface area contributed by atoms with E-state index in [1.807, 2.05) is 0 Å². The zero-order valence-electron chi connectivity index (χ0n) is 13.9. The van der Waals surface area contributed by atoms with Gasteiger partial charge in [-0.1, -0.05) is 57.0 Å². The minimum absolute atomic E-state index is 0.405. The molecule has 3 nitrogen and oxygen atoms in total. The molecule has 122 valence electrons. The van der Waals surface area contributed by atoms with Gasteiger partial charge >= 0.3 is 0 Å². The maximum absolute atomic E-state index is 9.51. The summed E-state index contributed by atoms with van der Waals surface area (Å²) in [6.45, 7) is 4.73. The van der Waals surface area contributed by atoms with Crippen molar-refractivity contribution in [2.45, 2.75) is 90.0 Å². The van der Waals surface area contributed by atoms with Gasteiger partial charge in [0, 0.05) is 0 Å². The fourth-order valence-electron chi connectivity index (χ4n) is 3.89. The maximum Gasteiger partial charge on any atom is 0.0742 e. The molecule has 0 aromatic heterocycles. The second kappa shape index (κ2) is 9.45. The summed E-state index contributed by atoms with van der Waals surface area (Å²) in [5.74, 6) is 0.863. The van der Waals surface area contributed by atoms with E-state index in [0.717, 1.165) is 18.1 Å². The van der Waals surface area contributed by atoms with Crippen LogP contribution in [-0.2, 0) is 0 Å². The normalized spacial score (nSPS) is 30.7. The molecule has 0 radical (unpaired) electrons. The highest BCUT2D eigenvalue weighted by Gasteiger charge is 2.27. The average Bonchev–Trinajstić information content (AvgIpc) is 2.49. The zero-order valence-corrected chi connectivity index (χ0v) is 13.9. The van der Waals surface area contributed by atoms with Gasteiger partial charge in [-0.25, -0.2) is 0 Å². The van der Waals surface area contributed by atoms with Crippen molar-refractivity contribution in [3.05, 3.63) is 0 Å². The molecule has 0 amide bonds. The lowest BCUT2D eigenvalue weighted by Crippen LogP contribution is -2.45. The van der Waals surface area contributed by atoms with Crippen LogP contribution in [0.3, 0.4) is 0 Å². The molecule has 1 aliphatic carbocycles. The number of piperidine rings is 1. The van der Waals surface area contributed by atoms with E-state index in [-0.39, 0.29) is 0 Å². The van der Waals surface area contributed by atoms with Crippen molar-refractivity contribution in [1.82, 2.24) is 4.90 Å². The summed E-state index contributed by atoms with van der Waals surface area (Å²) in [4.78, 5) is 2.60. The quantitative estimate of drug-likeness (QED) is 0.555. The van der Waals surface area contributed by atoms with Crippen LogP contribution in [0.25, 0.3) is 0 Å². The van der Waals surface area contributed by atoms with E-state index < -0.39 is 0 Å². The lowest BCUT2D eigenvalue weighted by Gasteiger charge is -2.37. The first-order valence-electron chi connectivity index (χ1n) is 9.26. The van der Waals surface area contributed by atoms with Crippen molar-refractivity contribution < 1.29 is 5.21 Å². The standard InChI is InChI=1S/C18H34N2O/c1-16-12-14-20(15-13-16)18-11-9-7-5-3-2-4-6-8-10-17(18)19-21/h16,18,21H,2-15H2,1H3/b19-17-. The van der Waals surface area contributed by atoms with Gasteiger partial charge in [0.15, 0.2) is 0 Å². The zero-order chi connectivity index (χ0) is 14.9. The molecule has 1 atom stereocenters. The van der Waals surface area contributed by atoms with E-state index in [1.54, 1.807) is 0 Å². The summed E-state index contributed by atoms with van der Waals surface area (Å²) >= 11 is 0. The minimum atomic E-state index is 0.405. The van der Waals surface area contributed by atoms with Gasteiger partial charge in [0.2, 0.25) is 0 Å².